The average Bonchev–Trinajstić information content (AvgIpc) is 2.35. The van der Waals surface area contributed by atoms with Crippen LogP contribution < -0.4 is 5.32 Å². The van der Waals surface area contributed by atoms with Crippen LogP contribution in [0.4, 0.5) is 11.5 Å². The molecule has 2 rings (SSSR count). The molecule has 5 heteroatoms. The molecule has 0 aliphatic rings. The lowest BCUT2D eigenvalue weighted by molar-refractivity contribution is 0.0690. The molecule has 2 N–H and O–H groups in total. The number of aromatic carboxylic acids is 1. The Bertz CT molecular complexity index is 599. The van der Waals surface area contributed by atoms with E-state index in [-0.39, 0.29) is 5.69 Å². The first-order valence-electron chi connectivity index (χ1n) is 5.30. The third-order valence-electron chi connectivity index (χ3n) is 2.42. The van der Waals surface area contributed by atoms with Gasteiger partial charge in [0, 0.05) is 4.47 Å². The maximum Gasteiger partial charge on any atom is 0.354 e. The minimum absolute atomic E-state index is 0.0174. The fraction of sp³-hybridized carbons (Fsp3) is 0.0769. The van der Waals surface area contributed by atoms with Crippen molar-refractivity contribution >= 4 is 33.4 Å². The van der Waals surface area contributed by atoms with E-state index in [1.807, 2.05) is 25.1 Å². The standard InChI is InChI=1S/C13H11BrN2O2/c1-8-4-2-5-9(12(8)14)15-11-7-3-6-10(16-11)13(17)18/h2-7H,1H3,(H,15,16)(H,17,18). The second kappa shape index (κ2) is 5.18. The number of anilines is 2. The molecule has 0 amide bonds. The van der Waals surface area contributed by atoms with Crippen LogP contribution in [-0.2, 0) is 0 Å². The van der Waals surface area contributed by atoms with Crippen LogP contribution in [0.2, 0.25) is 0 Å². The maximum absolute atomic E-state index is 10.8. The number of hydrogen-bond acceptors (Lipinski definition) is 3. The van der Waals surface area contributed by atoms with E-state index in [0.717, 1.165) is 15.7 Å². The van der Waals surface area contributed by atoms with Gasteiger partial charge in [0.1, 0.15) is 5.82 Å². The normalized spacial score (nSPS) is 10.1. The number of carbonyl (C=O) groups is 1. The molecule has 0 aliphatic heterocycles. The largest absolute Gasteiger partial charge is 0.477 e. The molecular weight excluding hydrogens is 296 g/mol. The Morgan fingerprint density at radius 2 is 2.00 bits per heavy atom. The van der Waals surface area contributed by atoms with Crippen LogP contribution in [0.25, 0.3) is 0 Å². The first-order chi connectivity index (χ1) is 8.58. The molecule has 0 radical (unpaired) electrons. The molecule has 4 nitrogen and oxygen atoms in total. The zero-order valence-electron chi connectivity index (χ0n) is 9.64. The molecule has 0 aliphatic carbocycles. The Morgan fingerprint density at radius 3 is 2.72 bits per heavy atom. The number of carboxylic acid groups (broad SMARTS) is 1. The molecule has 0 atom stereocenters. The van der Waals surface area contributed by atoms with E-state index in [0.29, 0.717) is 5.82 Å². The van der Waals surface area contributed by atoms with Crippen molar-refractivity contribution in [1.82, 2.24) is 4.98 Å². The Labute approximate surface area is 113 Å². The Hall–Kier alpha value is -1.88. The van der Waals surface area contributed by atoms with Crippen molar-refractivity contribution in [2.24, 2.45) is 0 Å². The van der Waals surface area contributed by atoms with Crippen molar-refractivity contribution in [3.63, 3.8) is 0 Å². The van der Waals surface area contributed by atoms with E-state index in [9.17, 15) is 4.79 Å². The van der Waals surface area contributed by atoms with Crippen molar-refractivity contribution in [2.45, 2.75) is 6.92 Å². The third-order valence-corrected chi connectivity index (χ3v) is 3.48. The molecule has 2 aromatic rings. The van der Waals surface area contributed by atoms with Gasteiger partial charge >= 0.3 is 5.97 Å². The number of benzene rings is 1. The first-order valence-corrected chi connectivity index (χ1v) is 6.09. The SMILES string of the molecule is Cc1cccc(Nc2cccc(C(=O)O)n2)c1Br. The van der Waals surface area contributed by atoms with E-state index < -0.39 is 5.97 Å². The molecule has 0 saturated heterocycles. The van der Waals surface area contributed by atoms with Crippen molar-refractivity contribution < 1.29 is 9.90 Å². The van der Waals surface area contributed by atoms with Gasteiger partial charge in [-0.25, -0.2) is 9.78 Å². The molecular formula is C13H11BrN2O2. The lowest BCUT2D eigenvalue weighted by atomic mass is 10.2. The van der Waals surface area contributed by atoms with Crippen LogP contribution in [0.15, 0.2) is 40.9 Å². The van der Waals surface area contributed by atoms with Crippen LogP contribution in [0.5, 0.6) is 0 Å². The minimum atomic E-state index is -1.04. The topological polar surface area (TPSA) is 62.2 Å². The first kappa shape index (κ1) is 12.6. The summed E-state index contributed by atoms with van der Waals surface area (Å²) in [4.78, 5) is 14.8. The lowest BCUT2D eigenvalue weighted by Crippen LogP contribution is -2.03. The molecule has 1 heterocycles. The summed E-state index contributed by atoms with van der Waals surface area (Å²) in [6, 6.07) is 10.6. The van der Waals surface area contributed by atoms with Gasteiger partial charge in [0.15, 0.2) is 5.69 Å². The van der Waals surface area contributed by atoms with Gasteiger partial charge in [0.2, 0.25) is 0 Å². The number of halogens is 1. The molecule has 0 unspecified atom stereocenters. The van der Waals surface area contributed by atoms with E-state index in [1.165, 1.54) is 6.07 Å². The Morgan fingerprint density at radius 1 is 1.28 bits per heavy atom. The highest BCUT2D eigenvalue weighted by Crippen LogP contribution is 2.27. The van der Waals surface area contributed by atoms with Crippen LogP contribution in [0.3, 0.4) is 0 Å². The smallest absolute Gasteiger partial charge is 0.354 e. The van der Waals surface area contributed by atoms with Crippen molar-refractivity contribution in [2.75, 3.05) is 5.32 Å². The van der Waals surface area contributed by atoms with E-state index in [4.69, 9.17) is 5.11 Å². The quantitative estimate of drug-likeness (QED) is 0.909. The van der Waals surface area contributed by atoms with Crippen LogP contribution in [0.1, 0.15) is 16.1 Å². The summed E-state index contributed by atoms with van der Waals surface area (Å²) < 4.78 is 0.938. The summed E-state index contributed by atoms with van der Waals surface area (Å²) in [7, 11) is 0. The van der Waals surface area contributed by atoms with Gasteiger partial charge in [-0.15, -0.1) is 0 Å². The predicted molar refractivity (Wildman–Crippen MR) is 73.4 cm³/mol. The van der Waals surface area contributed by atoms with E-state index in [2.05, 4.69) is 26.2 Å². The third kappa shape index (κ3) is 2.68. The lowest BCUT2D eigenvalue weighted by Gasteiger charge is -2.09. The van der Waals surface area contributed by atoms with Crippen LogP contribution in [0, 0.1) is 6.92 Å². The van der Waals surface area contributed by atoms with Gasteiger partial charge in [0.05, 0.1) is 5.69 Å². The Kier molecular flexibility index (Phi) is 3.62. The number of carboxylic acids is 1. The van der Waals surface area contributed by atoms with E-state index in [1.54, 1.807) is 12.1 Å². The van der Waals surface area contributed by atoms with Crippen LogP contribution >= 0.6 is 15.9 Å². The summed E-state index contributed by atoms with van der Waals surface area (Å²) in [6.45, 7) is 1.98. The molecule has 18 heavy (non-hydrogen) atoms. The zero-order valence-corrected chi connectivity index (χ0v) is 11.2. The fourth-order valence-corrected chi connectivity index (χ4v) is 1.87. The second-order valence-electron chi connectivity index (χ2n) is 3.77. The summed E-state index contributed by atoms with van der Waals surface area (Å²) in [5, 5.41) is 12.0. The average molecular weight is 307 g/mol. The number of aryl methyl sites for hydroxylation is 1. The second-order valence-corrected chi connectivity index (χ2v) is 4.57. The summed E-state index contributed by atoms with van der Waals surface area (Å²) in [5.74, 6) is -0.539. The number of pyridine rings is 1. The molecule has 0 spiro atoms. The molecule has 0 bridgehead atoms. The number of aromatic nitrogens is 1. The van der Waals surface area contributed by atoms with Gasteiger partial charge in [0.25, 0.3) is 0 Å². The van der Waals surface area contributed by atoms with Gasteiger partial charge in [-0.05, 0) is 46.6 Å². The summed E-state index contributed by atoms with van der Waals surface area (Å²) >= 11 is 3.48. The number of nitrogens with zero attached hydrogens (tertiary/aromatic N) is 1. The Balaban J connectivity index is 2.31. The fourth-order valence-electron chi connectivity index (χ4n) is 1.51. The molecule has 92 valence electrons. The van der Waals surface area contributed by atoms with Gasteiger partial charge < -0.3 is 10.4 Å². The van der Waals surface area contributed by atoms with Crippen molar-refractivity contribution in [3.8, 4) is 0 Å². The van der Waals surface area contributed by atoms with Crippen molar-refractivity contribution in [1.29, 1.82) is 0 Å². The van der Waals surface area contributed by atoms with Crippen LogP contribution in [-0.4, -0.2) is 16.1 Å². The molecule has 1 aromatic carbocycles. The highest BCUT2D eigenvalue weighted by molar-refractivity contribution is 9.10. The highest BCUT2D eigenvalue weighted by atomic mass is 79.9. The monoisotopic (exact) mass is 306 g/mol. The minimum Gasteiger partial charge on any atom is -0.477 e. The van der Waals surface area contributed by atoms with Gasteiger partial charge in [-0.1, -0.05) is 18.2 Å². The number of rotatable bonds is 3. The van der Waals surface area contributed by atoms with Gasteiger partial charge in [-0.3, -0.25) is 0 Å². The predicted octanol–water partition coefficient (Wildman–Crippen LogP) is 3.59. The molecule has 1 aromatic heterocycles. The molecule has 0 saturated carbocycles. The number of nitrogens with one attached hydrogen (secondary N) is 1. The van der Waals surface area contributed by atoms with Gasteiger partial charge in [-0.2, -0.15) is 0 Å². The maximum atomic E-state index is 10.8. The molecule has 0 fully saturated rings. The summed E-state index contributed by atoms with van der Waals surface area (Å²) in [5.41, 5.74) is 1.96. The van der Waals surface area contributed by atoms with Crippen molar-refractivity contribution in [3.05, 3.63) is 52.1 Å². The van der Waals surface area contributed by atoms with E-state index >= 15 is 0 Å². The zero-order chi connectivity index (χ0) is 13.1. The summed E-state index contributed by atoms with van der Waals surface area (Å²) in [6.07, 6.45) is 0. The number of hydrogen-bond donors (Lipinski definition) is 2. The highest BCUT2D eigenvalue weighted by Gasteiger charge is 2.07.